The van der Waals surface area contributed by atoms with Crippen LogP contribution in [0.2, 0.25) is 0 Å². The SMILES string of the molecule is CC(C)(C)S(=O)(=O)CCS(=O)c1ccc(N)cc1. The predicted octanol–water partition coefficient (Wildman–Crippen LogP) is 1.59. The Bertz CT molecular complexity index is 527. The smallest absolute Gasteiger partial charge is 0.156 e. The average Bonchev–Trinajstić information content (AvgIpc) is 2.25. The molecular weight excluding hydrogens is 270 g/mol. The van der Waals surface area contributed by atoms with Gasteiger partial charge in [0.2, 0.25) is 0 Å². The zero-order chi connectivity index (χ0) is 14.0. The number of hydrogen-bond donors (Lipinski definition) is 1. The third kappa shape index (κ3) is 3.81. The Labute approximate surface area is 111 Å². The molecule has 2 N–H and O–H groups in total. The molecule has 18 heavy (non-hydrogen) atoms. The first-order valence-corrected chi connectivity index (χ1v) is 8.57. The molecule has 1 atom stereocenters. The van der Waals surface area contributed by atoms with Gasteiger partial charge in [0.25, 0.3) is 0 Å². The van der Waals surface area contributed by atoms with Crippen LogP contribution in [0.4, 0.5) is 5.69 Å². The van der Waals surface area contributed by atoms with Crippen LogP contribution in [-0.2, 0) is 20.6 Å². The quantitative estimate of drug-likeness (QED) is 0.854. The first-order chi connectivity index (χ1) is 8.13. The molecule has 0 aliphatic heterocycles. The number of rotatable bonds is 4. The molecule has 0 fully saturated rings. The highest BCUT2D eigenvalue weighted by Gasteiger charge is 2.29. The largest absolute Gasteiger partial charge is 0.399 e. The summed E-state index contributed by atoms with van der Waals surface area (Å²) in [6, 6.07) is 6.64. The molecule has 0 saturated carbocycles. The second-order valence-electron chi connectivity index (χ2n) is 5.05. The van der Waals surface area contributed by atoms with E-state index in [2.05, 4.69) is 0 Å². The van der Waals surface area contributed by atoms with E-state index in [1.165, 1.54) is 0 Å². The lowest BCUT2D eigenvalue weighted by atomic mass is 10.3. The molecule has 0 spiro atoms. The van der Waals surface area contributed by atoms with Crippen LogP contribution >= 0.6 is 0 Å². The molecule has 1 aromatic carbocycles. The zero-order valence-electron chi connectivity index (χ0n) is 10.8. The first kappa shape index (κ1) is 15.2. The van der Waals surface area contributed by atoms with Crippen molar-refractivity contribution < 1.29 is 12.6 Å². The van der Waals surface area contributed by atoms with Gasteiger partial charge >= 0.3 is 0 Å². The minimum Gasteiger partial charge on any atom is -0.399 e. The third-order valence-electron chi connectivity index (χ3n) is 2.61. The lowest BCUT2D eigenvalue weighted by Crippen LogP contribution is -2.32. The highest BCUT2D eigenvalue weighted by molar-refractivity contribution is 7.94. The summed E-state index contributed by atoms with van der Waals surface area (Å²) in [6.45, 7) is 4.94. The first-order valence-electron chi connectivity index (χ1n) is 5.60. The Morgan fingerprint density at radius 2 is 1.67 bits per heavy atom. The van der Waals surface area contributed by atoms with Crippen LogP contribution in [0.15, 0.2) is 29.2 Å². The van der Waals surface area contributed by atoms with Crippen molar-refractivity contribution in [1.29, 1.82) is 0 Å². The molecule has 1 aromatic rings. The lowest BCUT2D eigenvalue weighted by molar-refractivity contribution is 0.561. The highest BCUT2D eigenvalue weighted by Crippen LogP contribution is 2.17. The monoisotopic (exact) mass is 289 g/mol. The van der Waals surface area contributed by atoms with Gasteiger partial charge in [-0.3, -0.25) is 4.21 Å². The summed E-state index contributed by atoms with van der Waals surface area (Å²) in [5.41, 5.74) is 6.13. The molecule has 0 aliphatic carbocycles. The van der Waals surface area contributed by atoms with E-state index in [1.807, 2.05) is 0 Å². The van der Waals surface area contributed by atoms with Crippen molar-refractivity contribution in [2.24, 2.45) is 0 Å². The van der Waals surface area contributed by atoms with Crippen LogP contribution in [0.5, 0.6) is 0 Å². The van der Waals surface area contributed by atoms with E-state index in [-0.39, 0.29) is 11.5 Å². The topological polar surface area (TPSA) is 77.2 Å². The summed E-state index contributed by atoms with van der Waals surface area (Å²) in [5, 5.41) is 0. The second kappa shape index (κ2) is 5.40. The molecule has 0 saturated heterocycles. The van der Waals surface area contributed by atoms with E-state index in [0.29, 0.717) is 10.6 Å². The van der Waals surface area contributed by atoms with E-state index in [4.69, 9.17) is 5.73 Å². The number of nitrogens with two attached hydrogens (primary N) is 1. The summed E-state index contributed by atoms with van der Waals surface area (Å²) in [5.74, 6) is 0.0387. The lowest BCUT2D eigenvalue weighted by Gasteiger charge is -2.18. The third-order valence-corrected chi connectivity index (χ3v) is 6.85. The molecule has 6 heteroatoms. The van der Waals surface area contributed by atoms with Gasteiger partial charge in [0.05, 0.1) is 21.3 Å². The van der Waals surface area contributed by atoms with Crippen molar-refractivity contribution in [1.82, 2.24) is 0 Å². The van der Waals surface area contributed by atoms with Crippen molar-refractivity contribution in [3.63, 3.8) is 0 Å². The normalized spacial score (nSPS) is 14.4. The van der Waals surface area contributed by atoms with Crippen molar-refractivity contribution >= 4 is 26.3 Å². The molecular formula is C12H19NO3S2. The number of hydrogen-bond acceptors (Lipinski definition) is 4. The molecule has 0 radical (unpaired) electrons. The maximum Gasteiger partial charge on any atom is 0.156 e. The molecule has 1 rings (SSSR count). The molecule has 0 bridgehead atoms. The fourth-order valence-corrected chi connectivity index (χ4v) is 4.00. The Balaban J connectivity index is 2.71. The van der Waals surface area contributed by atoms with Crippen LogP contribution in [0.25, 0.3) is 0 Å². The van der Waals surface area contributed by atoms with Crippen molar-refractivity contribution in [2.45, 2.75) is 30.4 Å². The minimum absolute atomic E-state index is 0.0759. The van der Waals surface area contributed by atoms with E-state index in [0.717, 1.165) is 0 Å². The van der Waals surface area contributed by atoms with Crippen LogP contribution in [0, 0.1) is 0 Å². The molecule has 1 unspecified atom stereocenters. The van der Waals surface area contributed by atoms with Gasteiger partial charge < -0.3 is 5.73 Å². The molecule has 0 amide bonds. The Morgan fingerprint density at radius 3 is 2.11 bits per heavy atom. The van der Waals surface area contributed by atoms with Crippen LogP contribution in [0.1, 0.15) is 20.8 Å². The van der Waals surface area contributed by atoms with Gasteiger partial charge in [0, 0.05) is 16.3 Å². The Hall–Kier alpha value is -0.880. The van der Waals surface area contributed by atoms with Gasteiger partial charge in [0.1, 0.15) is 0 Å². The number of sulfone groups is 1. The molecule has 0 heterocycles. The van der Waals surface area contributed by atoms with Crippen LogP contribution < -0.4 is 5.73 Å². The van der Waals surface area contributed by atoms with Crippen LogP contribution in [-0.4, -0.2) is 28.9 Å². The maximum atomic E-state index is 11.9. The maximum absolute atomic E-state index is 11.9. The van der Waals surface area contributed by atoms with Gasteiger partial charge in [0.15, 0.2) is 9.84 Å². The van der Waals surface area contributed by atoms with Crippen molar-refractivity contribution in [2.75, 3.05) is 17.2 Å². The standard InChI is InChI=1S/C12H19NO3S2/c1-12(2,3)18(15,16)9-8-17(14)11-6-4-10(13)5-7-11/h4-7H,8-9,13H2,1-3H3. The Kier molecular flexibility index (Phi) is 4.55. The van der Waals surface area contributed by atoms with E-state index < -0.39 is 25.4 Å². The molecule has 4 nitrogen and oxygen atoms in total. The summed E-state index contributed by atoms with van der Waals surface area (Å²) in [7, 11) is -4.53. The predicted molar refractivity (Wildman–Crippen MR) is 75.7 cm³/mol. The number of nitrogen functional groups attached to an aromatic ring is 1. The molecule has 0 aromatic heterocycles. The summed E-state index contributed by atoms with van der Waals surface area (Å²) >= 11 is 0. The van der Waals surface area contributed by atoms with Gasteiger partial charge in [-0.2, -0.15) is 0 Å². The fourth-order valence-electron chi connectivity index (χ4n) is 1.23. The molecule has 102 valence electrons. The van der Waals surface area contributed by atoms with Gasteiger partial charge in [-0.05, 0) is 45.0 Å². The number of benzene rings is 1. The Morgan fingerprint density at radius 1 is 1.17 bits per heavy atom. The minimum atomic E-state index is -3.23. The van der Waals surface area contributed by atoms with E-state index in [1.54, 1.807) is 45.0 Å². The highest BCUT2D eigenvalue weighted by atomic mass is 32.2. The number of anilines is 1. The van der Waals surface area contributed by atoms with Crippen molar-refractivity contribution in [3.05, 3.63) is 24.3 Å². The van der Waals surface area contributed by atoms with Gasteiger partial charge in [-0.1, -0.05) is 0 Å². The van der Waals surface area contributed by atoms with Crippen LogP contribution in [0.3, 0.4) is 0 Å². The second-order valence-corrected chi connectivity index (χ2v) is 9.48. The van der Waals surface area contributed by atoms with E-state index in [9.17, 15) is 12.6 Å². The van der Waals surface area contributed by atoms with Gasteiger partial charge in [-0.25, -0.2) is 8.42 Å². The average molecular weight is 289 g/mol. The summed E-state index contributed by atoms with van der Waals surface area (Å²) < 4.78 is 34.9. The van der Waals surface area contributed by atoms with Crippen molar-refractivity contribution in [3.8, 4) is 0 Å². The summed E-state index contributed by atoms with van der Waals surface area (Å²) in [6.07, 6.45) is 0. The van der Waals surface area contributed by atoms with E-state index >= 15 is 0 Å². The molecule has 0 aliphatic rings. The fraction of sp³-hybridized carbons (Fsp3) is 0.500. The zero-order valence-corrected chi connectivity index (χ0v) is 12.5. The summed E-state index contributed by atoms with van der Waals surface area (Å²) in [4.78, 5) is 0.605. The van der Waals surface area contributed by atoms with Gasteiger partial charge in [-0.15, -0.1) is 0 Å².